The number of hydrogen-bond donors (Lipinski definition) is 0. The van der Waals surface area contributed by atoms with Crippen LogP contribution in [0.3, 0.4) is 0 Å². The summed E-state index contributed by atoms with van der Waals surface area (Å²) in [6.45, 7) is 0. The number of allylic oxidation sites excluding steroid dienone is 1. The molecule has 2 aromatic carbocycles. The molecule has 0 heterocycles. The summed E-state index contributed by atoms with van der Waals surface area (Å²) in [6.07, 6.45) is 3.25. The van der Waals surface area contributed by atoms with Crippen LogP contribution in [0, 0.1) is 0 Å². The maximum absolute atomic E-state index is 12.4. The third-order valence-electron chi connectivity index (χ3n) is 3.19. The average Bonchev–Trinajstić information content (AvgIpc) is 2.59. The van der Waals surface area contributed by atoms with Gasteiger partial charge in [-0.2, -0.15) is 0 Å². The fourth-order valence-corrected chi connectivity index (χ4v) is 2.01. The van der Waals surface area contributed by atoms with E-state index < -0.39 is 0 Å². The Morgan fingerprint density at radius 2 is 1.64 bits per heavy atom. The van der Waals surface area contributed by atoms with Crippen molar-refractivity contribution in [1.82, 2.24) is 0 Å². The van der Waals surface area contributed by atoms with E-state index in [4.69, 9.17) is 14.2 Å². The summed E-state index contributed by atoms with van der Waals surface area (Å²) in [4.78, 5) is 12.4. The summed E-state index contributed by atoms with van der Waals surface area (Å²) in [7, 11) is 4.70. The molecule has 0 saturated carbocycles. The topological polar surface area (TPSA) is 44.8 Å². The molecule has 0 aliphatic carbocycles. The first-order valence-corrected chi connectivity index (χ1v) is 6.76. The van der Waals surface area contributed by atoms with Crippen LogP contribution in [0.25, 0.3) is 6.08 Å². The van der Waals surface area contributed by atoms with Crippen LogP contribution in [0.4, 0.5) is 0 Å². The zero-order valence-corrected chi connectivity index (χ0v) is 12.8. The van der Waals surface area contributed by atoms with E-state index in [1.807, 2.05) is 24.3 Å². The molecule has 2 rings (SSSR count). The predicted molar refractivity (Wildman–Crippen MR) is 85.9 cm³/mol. The number of ether oxygens (including phenoxy) is 3. The zero-order chi connectivity index (χ0) is 15.9. The lowest BCUT2D eigenvalue weighted by atomic mass is 10.1. The van der Waals surface area contributed by atoms with E-state index >= 15 is 0 Å². The third-order valence-corrected chi connectivity index (χ3v) is 3.19. The number of methoxy groups -OCH3 is 3. The Morgan fingerprint density at radius 1 is 0.909 bits per heavy atom. The van der Waals surface area contributed by atoms with E-state index in [0.717, 1.165) is 11.3 Å². The molecule has 0 aromatic heterocycles. The molecule has 0 radical (unpaired) electrons. The van der Waals surface area contributed by atoms with Crippen LogP contribution in [-0.4, -0.2) is 27.1 Å². The van der Waals surface area contributed by atoms with Gasteiger partial charge in [0.1, 0.15) is 17.2 Å². The Balaban J connectivity index is 2.26. The van der Waals surface area contributed by atoms with E-state index in [1.165, 1.54) is 13.2 Å². The molecule has 2 aromatic rings. The first kappa shape index (κ1) is 15.6. The van der Waals surface area contributed by atoms with Crippen molar-refractivity contribution in [3.63, 3.8) is 0 Å². The number of rotatable bonds is 6. The van der Waals surface area contributed by atoms with Crippen molar-refractivity contribution in [3.8, 4) is 17.2 Å². The minimum absolute atomic E-state index is 0.154. The second-order valence-electron chi connectivity index (χ2n) is 4.54. The van der Waals surface area contributed by atoms with Gasteiger partial charge in [-0.3, -0.25) is 4.79 Å². The minimum atomic E-state index is -0.154. The van der Waals surface area contributed by atoms with Crippen molar-refractivity contribution in [2.45, 2.75) is 0 Å². The molecule has 4 nitrogen and oxygen atoms in total. The highest BCUT2D eigenvalue weighted by Crippen LogP contribution is 2.25. The molecule has 4 heteroatoms. The van der Waals surface area contributed by atoms with Crippen LogP contribution >= 0.6 is 0 Å². The van der Waals surface area contributed by atoms with Crippen molar-refractivity contribution in [2.24, 2.45) is 0 Å². The molecule has 22 heavy (non-hydrogen) atoms. The van der Waals surface area contributed by atoms with Gasteiger partial charge in [0, 0.05) is 0 Å². The van der Waals surface area contributed by atoms with Crippen LogP contribution in [-0.2, 0) is 0 Å². The predicted octanol–water partition coefficient (Wildman–Crippen LogP) is 3.61. The van der Waals surface area contributed by atoms with Gasteiger partial charge in [-0.25, -0.2) is 0 Å². The van der Waals surface area contributed by atoms with Crippen molar-refractivity contribution in [3.05, 3.63) is 59.7 Å². The summed E-state index contributed by atoms with van der Waals surface area (Å²) >= 11 is 0. The van der Waals surface area contributed by atoms with E-state index in [1.54, 1.807) is 38.5 Å². The van der Waals surface area contributed by atoms with E-state index in [9.17, 15) is 4.79 Å². The number of benzene rings is 2. The smallest absolute Gasteiger partial charge is 0.189 e. The van der Waals surface area contributed by atoms with E-state index in [2.05, 4.69) is 0 Å². The lowest BCUT2D eigenvalue weighted by Gasteiger charge is -2.07. The van der Waals surface area contributed by atoms with Gasteiger partial charge in [0.25, 0.3) is 0 Å². The molecule has 114 valence electrons. The minimum Gasteiger partial charge on any atom is -0.497 e. The van der Waals surface area contributed by atoms with Crippen molar-refractivity contribution in [2.75, 3.05) is 21.3 Å². The lowest BCUT2D eigenvalue weighted by Crippen LogP contribution is -1.99. The summed E-state index contributed by atoms with van der Waals surface area (Å²) in [6, 6.07) is 12.6. The van der Waals surface area contributed by atoms with Gasteiger partial charge in [0.2, 0.25) is 0 Å². The molecule has 0 spiro atoms. The maximum Gasteiger partial charge on any atom is 0.189 e. The number of carbonyl (C=O) groups excluding carboxylic acids is 1. The molecule has 0 aliphatic rings. The van der Waals surface area contributed by atoms with Crippen LogP contribution in [0.5, 0.6) is 17.2 Å². The molecule has 0 saturated heterocycles. The molecule has 0 fully saturated rings. The molecule has 0 amide bonds. The molecule has 0 aliphatic heterocycles. The quantitative estimate of drug-likeness (QED) is 0.603. The number of carbonyl (C=O) groups is 1. The monoisotopic (exact) mass is 298 g/mol. The summed E-state index contributed by atoms with van der Waals surface area (Å²) in [5.74, 6) is 1.71. The SMILES string of the molecule is COc1cccc(C=CC(=O)c2cc(OC)ccc2OC)c1. The van der Waals surface area contributed by atoms with E-state index in [-0.39, 0.29) is 5.78 Å². The van der Waals surface area contributed by atoms with Gasteiger partial charge < -0.3 is 14.2 Å². The Hall–Kier alpha value is -2.75. The highest BCUT2D eigenvalue weighted by atomic mass is 16.5. The Bertz CT molecular complexity index is 689. The van der Waals surface area contributed by atoms with Gasteiger partial charge >= 0.3 is 0 Å². The standard InChI is InChI=1S/C18H18O4/c1-20-14-6-4-5-13(11-14)7-9-17(19)16-12-15(21-2)8-10-18(16)22-3/h4-12H,1-3H3. The van der Waals surface area contributed by atoms with Crippen molar-refractivity contribution in [1.29, 1.82) is 0 Å². The molecule has 0 atom stereocenters. The third kappa shape index (κ3) is 3.67. The Morgan fingerprint density at radius 3 is 2.32 bits per heavy atom. The van der Waals surface area contributed by atoms with E-state index in [0.29, 0.717) is 17.1 Å². The van der Waals surface area contributed by atoms with Crippen LogP contribution in [0.15, 0.2) is 48.5 Å². The lowest BCUT2D eigenvalue weighted by molar-refractivity contribution is 0.104. The molecule has 0 unspecified atom stereocenters. The summed E-state index contributed by atoms with van der Waals surface area (Å²) in [5, 5.41) is 0. The van der Waals surface area contributed by atoms with Crippen molar-refractivity contribution >= 4 is 11.9 Å². The largest absolute Gasteiger partial charge is 0.497 e. The van der Waals surface area contributed by atoms with Gasteiger partial charge in [-0.1, -0.05) is 18.2 Å². The highest BCUT2D eigenvalue weighted by molar-refractivity contribution is 6.08. The zero-order valence-electron chi connectivity index (χ0n) is 12.8. The molecular formula is C18H18O4. The fraction of sp³-hybridized carbons (Fsp3) is 0.167. The maximum atomic E-state index is 12.4. The summed E-state index contributed by atoms with van der Waals surface area (Å²) < 4.78 is 15.5. The molecule has 0 bridgehead atoms. The molecule has 0 N–H and O–H groups in total. The van der Waals surface area contributed by atoms with Crippen LogP contribution < -0.4 is 14.2 Å². The van der Waals surface area contributed by atoms with Crippen LogP contribution in [0.1, 0.15) is 15.9 Å². The molecular weight excluding hydrogens is 280 g/mol. The number of ketones is 1. The average molecular weight is 298 g/mol. The van der Waals surface area contributed by atoms with Gasteiger partial charge in [0.05, 0.1) is 26.9 Å². The second kappa shape index (κ2) is 7.31. The fourth-order valence-electron chi connectivity index (χ4n) is 2.01. The van der Waals surface area contributed by atoms with Gasteiger partial charge in [0.15, 0.2) is 5.78 Å². The van der Waals surface area contributed by atoms with Gasteiger partial charge in [-0.15, -0.1) is 0 Å². The normalized spacial score (nSPS) is 10.5. The van der Waals surface area contributed by atoms with Crippen LogP contribution in [0.2, 0.25) is 0 Å². The Kier molecular flexibility index (Phi) is 5.20. The van der Waals surface area contributed by atoms with Crippen molar-refractivity contribution < 1.29 is 19.0 Å². The first-order valence-electron chi connectivity index (χ1n) is 6.76. The number of hydrogen-bond acceptors (Lipinski definition) is 4. The summed E-state index contributed by atoms with van der Waals surface area (Å²) in [5.41, 5.74) is 1.34. The highest BCUT2D eigenvalue weighted by Gasteiger charge is 2.11. The first-order chi connectivity index (χ1) is 10.7. The second-order valence-corrected chi connectivity index (χ2v) is 4.54. The Labute approximate surface area is 129 Å². The van der Waals surface area contributed by atoms with Gasteiger partial charge in [-0.05, 0) is 42.0 Å².